The Morgan fingerprint density at radius 3 is 2.71 bits per heavy atom. The maximum Gasteiger partial charge on any atom is 0.208 e. The SMILES string of the molecule is CS(=O)(=O)NCCNC1=NCCCC1. The van der Waals surface area contributed by atoms with Gasteiger partial charge >= 0.3 is 0 Å². The lowest BCUT2D eigenvalue weighted by Crippen LogP contribution is -2.34. The van der Waals surface area contributed by atoms with Crippen LogP contribution in [0.3, 0.4) is 0 Å². The third-order valence-electron chi connectivity index (χ3n) is 1.94. The van der Waals surface area contributed by atoms with Crippen LogP contribution in [-0.2, 0) is 10.0 Å². The zero-order valence-electron chi connectivity index (χ0n) is 8.41. The predicted octanol–water partition coefficient (Wildman–Crippen LogP) is -0.292. The molecule has 2 N–H and O–H groups in total. The number of hydrogen-bond acceptors (Lipinski definition) is 4. The van der Waals surface area contributed by atoms with E-state index in [1.54, 1.807) is 0 Å². The molecule has 0 saturated heterocycles. The van der Waals surface area contributed by atoms with Gasteiger partial charge in [-0.05, 0) is 12.8 Å². The summed E-state index contributed by atoms with van der Waals surface area (Å²) in [5.41, 5.74) is 0. The van der Waals surface area contributed by atoms with Crippen molar-refractivity contribution in [3.05, 3.63) is 0 Å². The molecule has 0 aliphatic carbocycles. The second-order valence-electron chi connectivity index (χ2n) is 3.38. The maximum absolute atomic E-state index is 10.7. The smallest absolute Gasteiger partial charge is 0.208 e. The summed E-state index contributed by atoms with van der Waals surface area (Å²) in [5.74, 6) is 1.01. The average molecular weight is 219 g/mol. The van der Waals surface area contributed by atoms with Gasteiger partial charge in [-0.15, -0.1) is 0 Å². The molecule has 5 nitrogen and oxygen atoms in total. The first-order chi connectivity index (χ1) is 6.58. The third kappa shape index (κ3) is 5.18. The number of rotatable bonds is 4. The predicted molar refractivity (Wildman–Crippen MR) is 57.0 cm³/mol. The van der Waals surface area contributed by atoms with Gasteiger partial charge in [0.1, 0.15) is 0 Å². The molecule has 0 aromatic carbocycles. The highest BCUT2D eigenvalue weighted by molar-refractivity contribution is 7.88. The van der Waals surface area contributed by atoms with E-state index in [0.29, 0.717) is 13.1 Å². The van der Waals surface area contributed by atoms with Crippen molar-refractivity contribution in [2.24, 2.45) is 4.99 Å². The Hall–Kier alpha value is -0.620. The Morgan fingerprint density at radius 1 is 1.36 bits per heavy atom. The molecule has 82 valence electrons. The number of hydrogen-bond donors (Lipinski definition) is 2. The molecule has 0 atom stereocenters. The Labute approximate surface area is 85.0 Å². The highest BCUT2D eigenvalue weighted by Gasteiger charge is 2.04. The van der Waals surface area contributed by atoms with Crippen molar-refractivity contribution in [1.82, 2.24) is 10.0 Å². The molecule has 0 fully saturated rings. The Morgan fingerprint density at radius 2 is 2.14 bits per heavy atom. The van der Waals surface area contributed by atoms with Crippen LogP contribution >= 0.6 is 0 Å². The summed E-state index contributed by atoms with van der Waals surface area (Å²) in [7, 11) is -3.06. The van der Waals surface area contributed by atoms with Crippen LogP contribution in [0, 0.1) is 0 Å². The molecule has 14 heavy (non-hydrogen) atoms. The molecule has 1 aliphatic rings. The molecule has 0 unspecified atom stereocenters. The zero-order chi connectivity index (χ0) is 10.4. The summed E-state index contributed by atoms with van der Waals surface area (Å²) >= 11 is 0. The molecule has 0 bridgehead atoms. The standard InChI is InChI=1S/C8H17N3O2S/c1-14(12,13)11-7-6-10-8-4-2-3-5-9-8/h11H,2-7H2,1H3,(H,9,10). The molecule has 0 radical (unpaired) electrons. The van der Waals surface area contributed by atoms with E-state index in [-0.39, 0.29) is 0 Å². The van der Waals surface area contributed by atoms with Gasteiger partial charge in [0.05, 0.1) is 12.1 Å². The lowest BCUT2D eigenvalue weighted by atomic mass is 10.2. The second-order valence-corrected chi connectivity index (χ2v) is 5.21. The highest BCUT2D eigenvalue weighted by Crippen LogP contribution is 2.03. The molecular formula is C8H17N3O2S. The lowest BCUT2D eigenvalue weighted by Gasteiger charge is -2.13. The van der Waals surface area contributed by atoms with Crippen molar-refractivity contribution in [2.75, 3.05) is 25.9 Å². The summed E-state index contributed by atoms with van der Waals surface area (Å²) in [6, 6.07) is 0. The van der Waals surface area contributed by atoms with Gasteiger partial charge in [-0.1, -0.05) is 0 Å². The van der Waals surface area contributed by atoms with Gasteiger partial charge in [0, 0.05) is 26.1 Å². The summed E-state index contributed by atoms with van der Waals surface area (Å²) in [5, 5.41) is 3.12. The summed E-state index contributed by atoms with van der Waals surface area (Å²) in [6.07, 6.45) is 4.47. The number of nitrogens with zero attached hydrogens (tertiary/aromatic N) is 1. The number of aliphatic imine (C=N–C) groups is 1. The van der Waals surface area contributed by atoms with Crippen LogP contribution in [0.1, 0.15) is 19.3 Å². The van der Waals surface area contributed by atoms with E-state index in [1.165, 1.54) is 6.42 Å². The zero-order valence-corrected chi connectivity index (χ0v) is 9.23. The fourth-order valence-electron chi connectivity index (χ4n) is 1.28. The summed E-state index contributed by atoms with van der Waals surface area (Å²) in [6.45, 7) is 1.91. The van der Waals surface area contributed by atoms with Crippen molar-refractivity contribution < 1.29 is 8.42 Å². The molecular weight excluding hydrogens is 202 g/mol. The van der Waals surface area contributed by atoms with E-state index in [0.717, 1.165) is 31.5 Å². The first-order valence-corrected chi connectivity index (χ1v) is 6.69. The molecule has 0 amide bonds. The minimum Gasteiger partial charge on any atom is -0.373 e. The number of amidine groups is 1. The van der Waals surface area contributed by atoms with Crippen LogP contribution in [0.5, 0.6) is 0 Å². The topological polar surface area (TPSA) is 70.6 Å². The van der Waals surface area contributed by atoms with Gasteiger partial charge in [0.15, 0.2) is 0 Å². The molecule has 0 aromatic heterocycles. The summed E-state index contributed by atoms with van der Waals surface area (Å²) < 4.78 is 23.8. The van der Waals surface area contributed by atoms with E-state index in [2.05, 4.69) is 15.0 Å². The fourth-order valence-corrected chi connectivity index (χ4v) is 1.76. The van der Waals surface area contributed by atoms with Crippen LogP contribution in [0.2, 0.25) is 0 Å². The van der Waals surface area contributed by atoms with Crippen LogP contribution < -0.4 is 10.0 Å². The monoisotopic (exact) mass is 219 g/mol. The lowest BCUT2D eigenvalue weighted by molar-refractivity contribution is 0.586. The first-order valence-electron chi connectivity index (χ1n) is 4.80. The quantitative estimate of drug-likeness (QED) is 0.638. The summed E-state index contributed by atoms with van der Waals surface area (Å²) in [4.78, 5) is 4.29. The molecule has 1 rings (SSSR count). The highest BCUT2D eigenvalue weighted by atomic mass is 32.2. The van der Waals surface area contributed by atoms with E-state index >= 15 is 0 Å². The van der Waals surface area contributed by atoms with E-state index in [9.17, 15) is 8.42 Å². The number of nitrogens with one attached hydrogen (secondary N) is 2. The van der Waals surface area contributed by atoms with Crippen molar-refractivity contribution in [3.63, 3.8) is 0 Å². The molecule has 1 aliphatic heterocycles. The van der Waals surface area contributed by atoms with Crippen LogP contribution in [-0.4, -0.2) is 40.1 Å². The normalized spacial score (nSPS) is 17.6. The van der Waals surface area contributed by atoms with E-state index < -0.39 is 10.0 Å². The van der Waals surface area contributed by atoms with Crippen molar-refractivity contribution in [1.29, 1.82) is 0 Å². The first kappa shape index (κ1) is 11.5. The van der Waals surface area contributed by atoms with Gasteiger partial charge in [-0.2, -0.15) is 0 Å². The third-order valence-corrected chi connectivity index (χ3v) is 2.67. The fraction of sp³-hybridized carbons (Fsp3) is 0.875. The average Bonchev–Trinajstić information content (AvgIpc) is 2.13. The van der Waals surface area contributed by atoms with Crippen molar-refractivity contribution in [3.8, 4) is 0 Å². The second kappa shape index (κ2) is 5.31. The molecule has 0 aromatic rings. The van der Waals surface area contributed by atoms with Gasteiger partial charge in [0.25, 0.3) is 0 Å². The largest absolute Gasteiger partial charge is 0.373 e. The van der Waals surface area contributed by atoms with Crippen LogP contribution in [0.25, 0.3) is 0 Å². The van der Waals surface area contributed by atoms with Crippen LogP contribution in [0.4, 0.5) is 0 Å². The Balaban J connectivity index is 2.12. The Kier molecular flexibility index (Phi) is 4.34. The minimum atomic E-state index is -3.06. The number of sulfonamides is 1. The van der Waals surface area contributed by atoms with Crippen molar-refractivity contribution in [2.45, 2.75) is 19.3 Å². The van der Waals surface area contributed by atoms with Gasteiger partial charge in [0.2, 0.25) is 10.0 Å². The van der Waals surface area contributed by atoms with Gasteiger partial charge < -0.3 is 5.32 Å². The maximum atomic E-state index is 10.7. The van der Waals surface area contributed by atoms with Crippen LogP contribution in [0.15, 0.2) is 4.99 Å². The Bertz CT molecular complexity index is 298. The molecule has 6 heteroatoms. The van der Waals surface area contributed by atoms with E-state index in [1.807, 2.05) is 0 Å². The molecule has 0 spiro atoms. The molecule has 1 heterocycles. The van der Waals surface area contributed by atoms with E-state index in [4.69, 9.17) is 0 Å². The minimum absolute atomic E-state index is 0.415. The van der Waals surface area contributed by atoms with Crippen molar-refractivity contribution >= 4 is 15.9 Å². The van der Waals surface area contributed by atoms with Gasteiger partial charge in [-0.25, -0.2) is 13.1 Å². The van der Waals surface area contributed by atoms with Gasteiger partial charge in [-0.3, -0.25) is 4.99 Å². The molecule has 0 saturated carbocycles.